The molecule has 16 heavy (non-hydrogen) atoms. The van der Waals surface area contributed by atoms with E-state index >= 15 is 0 Å². The fraction of sp³-hybridized carbons (Fsp3) is 0.615. The van der Waals surface area contributed by atoms with Crippen LogP contribution >= 0.6 is 0 Å². The first kappa shape index (κ1) is 11.4. The molecule has 1 saturated carbocycles. The van der Waals surface area contributed by atoms with Crippen LogP contribution in [-0.4, -0.2) is 11.0 Å². The van der Waals surface area contributed by atoms with Crippen LogP contribution in [0.4, 0.5) is 5.82 Å². The maximum Gasteiger partial charge on any atom is 0.130 e. The van der Waals surface area contributed by atoms with Gasteiger partial charge in [-0.2, -0.15) is 0 Å². The molecule has 0 bridgehead atoms. The number of hydrogen-bond donors (Lipinski definition) is 2. The maximum atomic E-state index is 5.78. The Bertz CT molecular complexity index is 343. The average molecular weight is 219 g/mol. The molecular formula is C13H21N3. The number of aryl methyl sites for hydroxylation is 1. The van der Waals surface area contributed by atoms with Crippen molar-refractivity contribution in [3.05, 3.63) is 23.4 Å². The molecule has 0 spiro atoms. The van der Waals surface area contributed by atoms with Crippen molar-refractivity contribution in [2.75, 3.05) is 5.32 Å². The van der Waals surface area contributed by atoms with Crippen molar-refractivity contribution in [2.45, 2.75) is 51.6 Å². The molecule has 2 rings (SSSR count). The first-order valence-corrected chi connectivity index (χ1v) is 6.22. The van der Waals surface area contributed by atoms with Crippen LogP contribution in [0.25, 0.3) is 0 Å². The highest BCUT2D eigenvalue weighted by molar-refractivity contribution is 5.48. The van der Waals surface area contributed by atoms with Gasteiger partial charge in [-0.15, -0.1) is 0 Å². The molecule has 3 nitrogen and oxygen atoms in total. The van der Waals surface area contributed by atoms with Gasteiger partial charge in [-0.05, 0) is 31.4 Å². The number of aromatic nitrogens is 1. The van der Waals surface area contributed by atoms with Gasteiger partial charge in [0.05, 0.1) is 0 Å². The highest BCUT2D eigenvalue weighted by atomic mass is 15.0. The zero-order valence-corrected chi connectivity index (χ0v) is 10.00. The summed E-state index contributed by atoms with van der Waals surface area (Å²) in [5.41, 5.74) is 8.17. The first-order valence-electron chi connectivity index (χ1n) is 6.22. The average Bonchev–Trinajstić information content (AvgIpc) is 2.31. The zero-order chi connectivity index (χ0) is 11.4. The lowest BCUT2D eigenvalue weighted by molar-refractivity contribution is 0.461. The minimum atomic E-state index is 0.564. The van der Waals surface area contributed by atoms with Crippen LogP contribution in [0.3, 0.4) is 0 Å². The summed E-state index contributed by atoms with van der Waals surface area (Å²) in [6, 6.07) is 2.61. The van der Waals surface area contributed by atoms with Crippen LogP contribution in [0.15, 0.2) is 12.3 Å². The van der Waals surface area contributed by atoms with Gasteiger partial charge < -0.3 is 11.1 Å². The Labute approximate surface area is 97.5 Å². The lowest BCUT2D eigenvalue weighted by atomic mass is 9.95. The SMILES string of the molecule is Cc1ccnc(NC2CCCCC2)c1CN. The van der Waals surface area contributed by atoms with E-state index in [4.69, 9.17) is 5.73 Å². The Balaban J connectivity index is 2.10. The second kappa shape index (κ2) is 5.30. The largest absolute Gasteiger partial charge is 0.367 e. The highest BCUT2D eigenvalue weighted by Gasteiger charge is 2.15. The lowest BCUT2D eigenvalue weighted by Crippen LogP contribution is -2.24. The van der Waals surface area contributed by atoms with E-state index in [1.807, 2.05) is 12.3 Å². The molecule has 0 amide bonds. The molecule has 1 aliphatic rings. The molecule has 88 valence electrons. The van der Waals surface area contributed by atoms with E-state index in [0.29, 0.717) is 12.6 Å². The van der Waals surface area contributed by atoms with Gasteiger partial charge in [0.25, 0.3) is 0 Å². The van der Waals surface area contributed by atoms with Crippen molar-refractivity contribution >= 4 is 5.82 Å². The summed E-state index contributed by atoms with van der Waals surface area (Å²) in [5, 5.41) is 3.55. The number of nitrogens with zero attached hydrogens (tertiary/aromatic N) is 1. The highest BCUT2D eigenvalue weighted by Crippen LogP contribution is 2.23. The van der Waals surface area contributed by atoms with Crippen LogP contribution in [0.1, 0.15) is 43.2 Å². The zero-order valence-electron chi connectivity index (χ0n) is 10.00. The summed E-state index contributed by atoms with van der Waals surface area (Å²) in [6.07, 6.45) is 8.44. The third-order valence-electron chi connectivity index (χ3n) is 3.44. The van der Waals surface area contributed by atoms with E-state index in [9.17, 15) is 0 Å². The second-order valence-electron chi connectivity index (χ2n) is 4.64. The molecular weight excluding hydrogens is 198 g/mol. The normalized spacial score (nSPS) is 17.4. The topological polar surface area (TPSA) is 50.9 Å². The molecule has 0 unspecified atom stereocenters. The molecule has 0 aromatic carbocycles. The summed E-state index contributed by atoms with van der Waals surface area (Å²) in [7, 11) is 0. The summed E-state index contributed by atoms with van der Waals surface area (Å²) < 4.78 is 0. The number of rotatable bonds is 3. The third-order valence-corrected chi connectivity index (χ3v) is 3.44. The van der Waals surface area contributed by atoms with Crippen LogP contribution in [0.2, 0.25) is 0 Å². The Morgan fingerprint density at radius 3 is 2.81 bits per heavy atom. The van der Waals surface area contributed by atoms with Gasteiger partial charge >= 0.3 is 0 Å². The molecule has 0 saturated heterocycles. The Kier molecular flexibility index (Phi) is 3.78. The molecule has 1 fully saturated rings. The van der Waals surface area contributed by atoms with Crippen LogP contribution < -0.4 is 11.1 Å². The van der Waals surface area contributed by atoms with Crippen molar-refractivity contribution in [1.29, 1.82) is 0 Å². The molecule has 0 radical (unpaired) electrons. The first-order chi connectivity index (χ1) is 7.81. The summed E-state index contributed by atoms with van der Waals surface area (Å²) in [4.78, 5) is 4.41. The smallest absolute Gasteiger partial charge is 0.130 e. The minimum Gasteiger partial charge on any atom is -0.367 e. The molecule has 1 aromatic rings. The predicted molar refractivity (Wildman–Crippen MR) is 67.4 cm³/mol. The van der Waals surface area contributed by atoms with Crippen molar-refractivity contribution in [2.24, 2.45) is 5.73 Å². The van der Waals surface area contributed by atoms with Gasteiger partial charge in [0, 0.05) is 24.3 Å². The van der Waals surface area contributed by atoms with E-state index in [2.05, 4.69) is 17.2 Å². The molecule has 0 atom stereocenters. The van der Waals surface area contributed by atoms with Crippen molar-refractivity contribution < 1.29 is 0 Å². The Morgan fingerprint density at radius 1 is 1.38 bits per heavy atom. The molecule has 3 N–H and O–H groups in total. The van der Waals surface area contributed by atoms with Gasteiger partial charge in [-0.25, -0.2) is 4.98 Å². The molecule has 1 aromatic heterocycles. The van der Waals surface area contributed by atoms with Crippen molar-refractivity contribution in [3.8, 4) is 0 Å². The van der Waals surface area contributed by atoms with Crippen molar-refractivity contribution in [1.82, 2.24) is 4.98 Å². The molecule has 0 aliphatic heterocycles. The summed E-state index contributed by atoms with van der Waals surface area (Å²) in [6.45, 7) is 2.66. The van der Waals surface area contributed by atoms with Gasteiger partial charge in [-0.3, -0.25) is 0 Å². The third kappa shape index (κ3) is 2.53. The molecule has 3 heteroatoms. The second-order valence-corrected chi connectivity index (χ2v) is 4.64. The summed E-state index contributed by atoms with van der Waals surface area (Å²) in [5.74, 6) is 0.995. The van der Waals surface area contributed by atoms with Crippen LogP contribution in [0.5, 0.6) is 0 Å². The maximum absolute atomic E-state index is 5.78. The van der Waals surface area contributed by atoms with E-state index in [1.165, 1.54) is 37.7 Å². The van der Waals surface area contributed by atoms with E-state index in [-0.39, 0.29) is 0 Å². The minimum absolute atomic E-state index is 0.564. The van der Waals surface area contributed by atoms with E-state index in [0.717, 1.165) is 11.4 Å². The van der Waals surface area contributed by atoms with Crippen LogP contribution in [0, 0.1) is 6.92 Å². The molecule has 1 heterocycles. The number of pyridine rings is 1. The van der Waals surface area contributed by atoms with E-state index in [1.54, 1.807) is 0 Å². The van der Waals surface area contributed by atoms with E-state index < -0.39 is 0 Å². The van der Waals surface area contributed by atoms with Crippen LogP contribution in [-0.2, 0) is 6.54 Å². The number of nitrogens with two attached hydrogens (primary N) is 1. The predicted octanol–water partition coefficient (Wildman–Crippen LogP) is 2.59. The molecule has 1 aliphatic carbocycles. The van der Waals surface area contributed by atoms with Gasteiger partial charge in [-0.1, -0.05) is 19.3 Å². The van der Waals surface area contributed by atoms with Gasteiger partial charge in [0.1, 0.15) is 5.82 Å². The standard InChI is InChI=1S/C13H21N3/c1-10-7-8-15-13(12(10)9-14)16-11-5-3-2-4-6-11/h7-8,11H,2-6,9,14H2,1H3,(H,15,16). The fourth-order valence-electron chi connectivity index (χ4n) is 2.41. The fourth-order valence-corrected chi connectivity index (χ4v) is 2.41. The van der Waals surface area contributed by atoms with Crippen molar-refractivity contribution in [3.63, 3.8) is 0 Å². The summed E-state index contributed by atoms with van der Waals surface area (Å²) >= 11 is 0. The Morgan fingerprint density at radius 2 is 2.12 bits per heavy atom. The quantitative estimate of drug-likeness (QED) is 0.821. The lowest BCUT2D eigenvalue weighted by Gasteiger charge is -2.24. The number of anilines is 1. The van der Waals surface area contributed by atoms with Gasteiger partial charge in [0.15, 0.2) is 0 Å². The number of hydrogen-bond acceptors (Lipinski definition) is 3. The number of nitrogens with one attached hydrogen (secondary N) is 1. The monoisotopic (exact) mass is 219 g/mol. The van der Waals surface area contributed by atoms with Gasteiger partial charge in [0.2, 0.25) is 0 Å². The Hall–Kier alpha value is -1.09.